The first-order valence-electron chi connectivity index (χ1n) is 9.22. The van der Waals surface area contributed by atoms with Gasteiger partial charge in [-0.1, -0.05) is 12.1 Å². The number of ether oxygens (including phenoxy) is 1. The van der Waals surface area contributed by atoms with Crippen molar-refractivity contribution in [1.82, 2.24) is 14.5 Å². The fourth-order valence-corrected chi connectivity index (χ4v) is 3.37. The van der Waals surface area contributed by atoms with Gasteiger partial charge in [0.1, 0.15) is 11.9 Å². The van der Waals surface area contributed by atoms with Crippen molar-refractivity contribution in [1.29, 1.82) is 0 Å². The minimum Gasteiger partial charge on any atom is -0.372 e. The molecule has 0 saturated carbocycles. The van der Waals surface area contributed by atoms with Crippen molar-refractivity contribution in [2.45, 2.75) is 12.5 Å². The molecule has 0 spiro atoms. The van der Waals surface area contributed by atoms with E-state index in [9.17, 15) is 9.18 Å². The molecule has 6 nitrogen and oxygen atoms in total. The topological polar surface area (TPSA) is 60.2 Å². The predicted molar refractivity (Wildman–Crippen MR) is 112 cm³/mol. The van der Waals surface area contributed by atoms with Crippen LogP contribution in [0.5, 0.6) is 0 Å². The standard InChI is InChI=1S/C21H21FN4O2.ClH/c1-25-20(27)13-18(15-7-9-23-10-8-15)24-21(25)26-11-2-12-28-19(14-26)16-3-5-17(22)6-4-16;/h3-10,13,19H,2,11-12,14H2,1H3;1H. The average molecular weight is 417 g/mol. The number of halogens is 2. The first-order chi connectivity index (χ1) is 13.6. The molecule has 0 N–H and O–H groups in total. The zero-order valence-corrected chi connectivity index (χ0v) is 16.8. The van der Waals surface area contributed by atoms with Gasteiger partial charge < -0.3 is 9.64 Å². The van der Waals surface area contributed by atoms with E-state index in [1.807, 2.05) is 12.1 Å². The summed E-state index contributed by atoms with van der Waals surface area (Å²) < 4.78 is 20.8. The molecule has 0 amide bonds. The Bertz CT molecular complexity index is 1010. The monoisotopic (exact) mass is 416 g/mol. The fraction of sp³-hybridized carbons (Fsp3) is 0.286. The maximum absolute atomic E-state index is 13.3. The number of rotatable bonds is 3. The summed E-state index contributed by atoms with van der Waals surface area (Å²) in [6.45, 7) is 1.85. The summed E-state index contributed by atoms with van der Waals surface area (Å²) in [6, 6.07) is 11.5. The van der Waals surface area contributed by atoms with Crippen molar-refractivity contribution in [3.05, 3.63) is 76.6 Å². The summed E-state index contributed by atoms with van der Waals surface area (Å²) >= 11 is 0. The van der Waals surface area contributed by atoms with Crippen molar-refractivity contribution in [3.8, 4) is 11.3 Å². The summed E-state index contributed by atoms with van der Waals surface area (Å²) in [7, 11) is 1.72. The smallest absolute Gasteiger partial charge is 0.255 e. The van der Waals surface area contributed by atoms with E-state index in [0.717, 1.165) is 24.1 Å². The Balaban J connectivity index is 0.00000240. The molecule has 0 radical (unpaired) electrons. The Morgan fingerprint density at radius 3 is 2.59 bits per heavy atom. The summed E-state index contributed by atoms with van der Waals surface area (Å²) in [6.07, 6.45) is 3.95. The Labute approximate surface area is 174 Å². The largest absolute Gasteiger partial charge is 0.372 e. The number of benzene rings is 1. The molecule has 0 aliphatic carbocycles. The molecule has 2 aromatic heterocycles. The van der Waals surface area contributed by atoms with Gasteiger partial charge in [0.05, 0.1) is 12.2 Å². The van der Waals surface area contributed by atoms with Crippen LogP contribution in [-0.2, 0) is 11.8 Å². The zero-order chi connectivity index (χ0) is 19.5. The van der Waals surface area contributed by atoms with Crippen LogP contribution in [0.1, 0.15) is 18.1 Å². The van der Waals surface area contributed by atoms with E-state index in [4.69, 9.17) is 9.72 Å². The van der Waals surface area contributed by atoms with Crippen LogP contribution in [0, 0.1) is 5.82 Å². The molecule has 29 heavy (non-hydrogen) atoms. The normalized spacial score (nSPS) is 16.8. The van der Waals surface area contributed by atoms with Crippen LogP contribution < -0.4 is 10.5 Å². The number of hydrogen-bond acceptors (Lipinski definition) is 5. The number of anilines is 1. The first kappa shape index (κ1) is 21.0. The van der Waals surface area contributed by atoms with Crippen molar-refractivity contribution in [3.63, 3.8) is 0 Å². The molecule has 1 saturated heterocycles. The molecule has 152 valence electrons. The van der Waals surface area contributed by atoms with Crippen molar-refractivity contribution >= 4 is 18.4 Å². The predicted octanol–water partition coefficient (Wildman–Crippen LogP) is 3.37. The second-order valence-electron chi connectivity index (χ2n) is 6.79. The summed E-state index contributed by atoms with van der Waals surface area (Å²) in [5.41, 5.74) is 2.24. The Morgan fingerprint density at radius 1 is 1.14 bits per heavy atom. The molecule has 1 aliphatic rings. The van der Waals surface area contributed by atoms with E-state index in [0.29, 0.717) is 24.8 Å². The molecule has 1 aliphatic heterocycles. The zero-order valence-electron chi connectivity index (χ0n) is 16.0. The third-order valence-corrected chi connectivity index (χ3v) is 4.89. The highest BCUT2D eigenvalue weighted by Crippen LogP contribution is 2.25. The molecule has 8 heteroatoms. The second kappa shape index (κ2) is 9.15. The summed E-state index contributed by atoms with van der Waals surface area (Å²) in [5, 5.41) is 0. The van der Waals surface area contributed by atoms with Crippen LogP contribution in [0.15, 0.2) is 59.7 Å². The van der Waals surface area contributed by atoms with Crippen molar-refractivity contribution in [2.75, 3.05) is 24.6 Å². The minimum atomic E-state index is -0.275. The van der Waals surface area contributed by atoms with E-state index >= 15 is 0 Å². The molecule has 3 aromatic rings. The van der Waals surface area contributed by atoms with Crippen molar-refractivity contribution < 1.29 is 9.13 Å². The highest BCUT2D eigenvalue weighted by Gasteiger charge is 2.23. The van der Waals surface area contributed by atoms with Gasteiger partial charge in [-0.3, -0.25) is 14.3 Å². The van der Waals surface area contributed by atoms with E-state index in [-0.39, 0.29) is 29.9 Å². The van der Waals surface area contributed by atoms with Gasteiger partial charge in [-0.15, -0.1) is 12.4 Å². The third-order valence-electron chi connectivity index (χ3n) is 4.89. The minimum absolute atomic E-state index is 0. The van der Waals surface area contributed by atoms with Gasteiger partial charge in [0, 0.05) is 44.2 Å². The van der Waals surface area contributed by atoms with Gasteiger partial charge in [-0.05, 0) is 36.2 Å². The van der Waals surface area contributed by atoms with Crippen LogP contribution in [-0.4, -0.2) is 34.2 Å². The molecular weight excluding hydrogens is 395 g/mol. The molecule has 1 atom stereocenters. The second-order valence-corrected chi connectivity index (χ2v) is 6.79. The molecule has 1 aromatic carbocycles. The summed E-state index contributed by atoms with van der Waals surface area (Å²) in [5.74, 6) is 0.320. The molecule has 3 heterocycles. The van der Waals surface area contributed by atoms with Gasteiger partial charge >= 0.3 is 0 Å². The average Bonchev–Trinajstić information content (AvgIpc) is 2.97. The maximum Gasteiger partial charge on any atom is 0.255 e. The highest BCUT2D eigenvalue weighted by atomic mass is 35.5. The van der Waals surface area contributed by atoms with Crippen LogP contribution in [0.25, 0.3) is 11.3 Å². The molecule has 1 fully saturated rings. The molecule has 4 rings (SSSR count). The van der Waals surface area contributed by atoms with E-state index < -0.39 is 0 Å². The number of pyridine rings is 1. The van der Waals surface area contributed by atoms with Crippen LogP contribution >= 0.6 is 12.4 Å². The van der Waals surface area contributed by atoms with Gasteiger partial charge in [0.15, 0.2) is 0 Å². The van der Waals surface area contributed by atoms with Crippen LogP contribution in [0.4, 0.5) is 10.3 Å². The molecular formula is C21H22ClFN4O2. The fourth-order valence-electron chi connectivity index (χ4n) is 3.37. The molecule has 0 bridgehead atoms. The van der Waals surface area contributed by atoms with E-state index in [2.05, 4.69) is 9.88 Å². The lowest BCUT2D eigenvalue weighted by Gasteiger charge is -2.26. The van der Waals surface area contributed by atoms with Gasteiger partial charge in [-0.2, -0.15) is 0 Å². The number of aromatic nitrogens is 3. The lowest BCUT2D eigenvalue weighted by atomic mass is 10.1. The van der Waals surface area contributed by atoms with Crippen LogP contribution in [0.3, 0.4) is 0 Å². The van der Waals surface area contributed by atoms with Crippen LogP contribution in [0.2, 0.25) is 0 Å². The SMILES string of the molecule is Cl.Cn1c(N2CCCOC(c3ccc(F)cc3)C2)nc(-c2ccncc2)cc1=O. The molecule has 1 unspecified atom stereocenters. The number of hydrogen-bond donors (Lipinski definition) is 0. The maximum atomic E-state index is 13.3. The third kappa shape index (κ3) is 4.63. The van der Waals surface area contributed by atoms with Gasteiger partial charge in [-0.25, -0.2) is 9.37 Å². The van der Waals surface area contributed by atoms with Gasteiger partial charge in [0.2, 0.25) is 5.95 Å². The van der Waals surface area contributed by atoms with Crippen molar-refractivity contribution in [2.24, 2.45) is 7.05 Å². The van der Waals surface area contributed by atoms with E-state index in [1.54, 1.807) is 36.1 Å². The lowest BCUT2D eigenvalue weighted by molar-refractivity contribution is 0.0685. The Morgan fingerprint density at radius 2 is 1.86 bits per heavy atom. The highest BCUT2D eigenvalue weighted by molar-refractivity contribution is 5.85. The van der Waals surface area contributed by atoms with E-state index in [1.165, 1.54) is 18.2 Å². The Hall–Kier alpha value is -2.77. The van der Waals surface area contributed by atoms with Gasteiger partial charge in [0.25, 0.3) is 5.56 Å². The first-order valence-corrected chi connectivity index (χ1v) is 9.22. The lowest BCUT2D eigenvalue weighted by Crippen LogP contribution is -2.34. The number of nitrogens with zero attached hydrogens (tertiary/aromatic N) is 4. The quantitative estimate of drug-likeness (QED) is 0.655. The summed E-state index contributed by atoms with van der Waals surface area (Å²) in [4.78, 5) is 23.4. The Kier molecular flexibility index (Phi) is 6.61.